The van der Waals surface area contributed by atoms with Gasteiger partial charge >= 0.3 is 0 Å². The third-order valence-corrected chi connectivity index (χ3v) is 5.72. The number of rotatable bonds is 7. The summed E-state index contributed by atoms with van der Waals surface area (Å²) >= 11 is 0. The van der Waals surface area contributed by atoms with Gasteiger partial charge in [0.05, 0.1) is 11.9 Å². The smallest absolute Gasteiger partial charge is 0.219 e. The van der Waals surface area contributed by atoms with Crippen LogP contribution in [0.5, 0.6) is 11.6 Å². The number of pyridine rings is 1. The van der Waals surface area contributed by atoms with Crippen LogP contribution in [0.15, 0.2) is 54.7 Å². The van der Waals surface area contributed by atoms with Crippen molar-refractivity contribution in [3.63, 3.8) is 0 Å². The normalized spacial score (nSPS) is 15.0. The molecule has 0 bridgehead atoms. The van der Waals surface area contributed by atoms with Crippen molar-refractivity contribution in [2.24, 2.45) is 5.92 Å². The van der Waals surface area contributed by atoms with E-state index in [0.29, 0.717) is 11.6 Å². The van der Waals surface area contributed by atoms with Crippen LogP contribution in [0.25, 0.3) is 10.8 Å². The second kappa shape index (κ2) is 9.07. The molecule has 4 nitrogen and oxygen atoms in total. The Hall–Kier alpha value is -2.59. The number of nitrogens with two attached hydrogens (primary N) is 1. The van der Waals surface area contributed by atoms with E-state index in [-0.39, 0.29) is 0 Å². The average Bonchev–Trinajstić information content (AvgIpc) is 2.74. The summed E-state index contributed by atoms with van der Waals surface area (Å²) in [4.78, 5) is 4.25. The quantitative estimate of drug-likeness (QED) is 0.522. The number of benzene rings is 2. The van der Waals surface area contributed by atoms with E-state index in [0.717, 1.165) is 30.1 Å². The van der Waals surface area contributed by atoms with Gasteiger partial charge in [0.15, 0.2) is 0 Å². The lowest BCUT2D eigenvalue weighted by molar-refractivity contribution is 0.334. The second-order valence-electron chi connectivity index (χ2n) is 7.77. The first-order chi connectivity index (χ1) is 13.8. The molecule has 28 heavy (non-hydrogen) atoms. The van der Waals surface area contributed by atoms with Crippen LogP contribution < -0.4 is 15.8 Å². The lowest BCUT2D eigenvalue weighted by Crippen LogP contribution is -2.19. The molecule has 0 aliphatic heterocycles. The molecule has 0 radical (unpaired) electrons. The number of anilines is 1. The molecule has 2 aromatic carbocycles. The zero-order valence-corrected chi connectivity index (χ0v) is 16.4. The topological polar surface area (TPSA) is 60.2 Å². The predicted octanol–water partition coefficient (Wildman–Crippen LogP) is 5.67. The zero-order chi connectivity index (χ0) is 19.2. The second-order valence-corrected chi connectivity index (χ2v) is 7.77. The maximum absolute atomic E-state index is 6.02. The van der Waals surface area contributed by atoms with E-state index in [2.05, 4.69) is 34.6 Å². The average molecular weight is 376 g/mol. The Morgan fingerprint density at radius 3 is 2.61 bits per heavy atom. The van der Waals surface area contributed by atoms with Crippen LogP contribution in [0.1, 0.15) is 44.1 Å². The minimum absolute atomic E-state index is 0.553. The van der Waals surface area contributed by atoms with Crippen molar-refractivity contribution in [1.29, 1.82) is 0 Å². The molecule has 0 unspecified atom stereocenters. The monoisotopic (exact) mass is 375 g/mol. The molecule has 146 valence electrons. The van der Waals surface area contributed by atoms with Gasteiger partial charge in [-0.3, -0.25) is 0 Å². The number of hydrogen-bond donors (Lipinski definition) is 2. The van der Waals surface area contributed by atoms with Gasteiger partial charge in [0.25, 0.3) is 0 Å². The van der Waals surface area contributed by atoms with E-state index in [9.17, 15) is 0 Å². The van der Waals surface area contributed by atoms with Crippen LogP contribution in [0, 0.1) is 5.92 Å². The van der Waals surface area contributed by atoms with E-state index in [1.807, 2.05) is 12.1 Å². The molecule has 0 spiro atoms. The summed E-state index contributed by atoms with van der Waals surface area (Å²) in [6.45, 7) is 1.97. The standard InChI is InChI=1S/C24H29N3O/c25-20-12-13-24(27-17-20)28-23-11-5-9-21-19(8-4-10-22(21)23)16-26-15-14-18-6-2-1-3-7-18/h4-5,8-13,17-18,26H,1-3,6-7,14-16,25H2. The number of aromatic nitrogens is 1. The third kappa shape index (κ3) is 4.63. The summed E-state index contributed by atoms with van der Waals surface area (Å²) in [5, 5.41) is 5.98. The highest BCUT2D eigenvalue weighted by molar-refractivity contribution is 5.91. The van der Waals surface area contributed by atoms with Gasteiger partial charge in [-0.1, -0.05) is 62.4 Å². The number of fused-ring (bicyclic) bond motifs is 1. The summed E-state index contributed by atoms with van der Waals surface area (Å²) in [7, 11) is 0. The van der Waals surface area contributed by atoms with Crippen LogP contribution in [-0.4, -0.2) is 11.5 Å². The SMILES string of the molecule is Nc1ccc(Oc2cccc3c(CNCCC4CCCCC4)cccc23)nc1. The van der Waals surface area contributed by atoms with Gasteiger partial charge in [-0.15, -0.1) is 0 Å². The highest BCUT2D eigenvalue weighted by Gasteiger charge is 2.13. The fourth-order valence-corrected chi connectivity index (χ4v) is 4.16. The van der Waals surface area contributed by atoms with Crippen LogP contribution in [0.2, 0.25) is 0 Å². The van der Waals surface area contributed by atoms with Gasteiger partial charge in [0.2, 0.25) is 5.88 Å². The minimum atomic E-state index is 0.553. The van der Waals surface area contributed by atoms with Gasteiger partial charge in [0, 0.05) is 18.0 Å². The van der Waals surface area contributed by atoms with Crippen LogP contribution in [0.4, 0.5) is 5.69 Å². The third-order valence-electron chi connectivity index (χ3n) is 5.72. The van der Waals surface area contributed by atoms with E-state index in [1.165, 1.54) is 49.5 Å². The number of hydrogen-bond acceptors (Lipinski definition) is 4. The molecule has 1 fully saturated rings. The summed E-state index contributed by atoms with van der Waals surface area (Å²) in [6, 6.07) is 16.2. The van der Waals surface area contributed by atoms with Crippen LogP contribution in [0.3, 0.4) is 0 Å². The lowest BCUT2D eigenvalue weighted by atomic mass is 9.87. The first kappa shape index (κ1) is 18.8. The zero-order valence-electron chi connectivity index (χ0n) is 16.4. The summed E-state index contributed by atoms with van der Waals surface area (Å²) in [5.41, 5.74) is 7.64. The molecule has 0 saturated heterocycles. The van der Waals surface area contributed by atoms with E-state index in [4.69, 9.17) is 10.5 Å². The predicted molar refractivity (Wildman–Crippen MR) is 116 cm³/mol. The first-order valence-electron chi connectivity index (χ1n) is 10.4. The van der Waals surface area contributed by atoms with Gasteiger partial charge in [-0.25, -0.2) is 4.98 Å². The molecule has 4 rings (SSSR count). The molecule has 3 aromatic rings. The fraction of sp³-hybridized carbons (Fsp3) is 0.375. The molecule has 3 N–H and O–H groups in total. The summed E-state index contributed by atoms with van der Waals surface area (Å²) in [5.74, 6) is 2.29. The van der Waals surface area contributed by atoms with Gasteiger partial charge in [-0.05, 0) is 42.0 Å². The van der Waals surface area contributed by atoms with E-state index < -0.39 is 0 Å². The van der Waals surface area contributed by atoms with Gasteiger partial charge in [-0.2, -0.15) is 0 Å². The van der Waals surface area contributed by atoms with Crippen molar-refractivity contribution in [3.05, 3.63) is 60.3 Å². The van der Waals surface area contributed by atoms with Crippen molar-refractivity contribution >= 4 is 16.5 Å². The molecule has 1 aromatic heterocycles. The van der Waals surface area contributed by atoms with Gasteiger partial charge in [0.1, 0.15) is 5.75 Å². The van der Waals surface area contributed by atoms with Crippen molar-refractivity contribution < 1.29 is 4.74 Å². The molecule has 4 heteroatoms. The Kier molecular flexibility index (Phi) is 6.07. The Morgan fingerprint density at radius 2 is 1.79 bits per heavy atom. The largest absolute Gasteiger partial charge is 0.438 e. The van der Waals surface area contributed by atoms with Crippen LogP contribution in [-0.2, 0) is 6.54 Å². The molecule has 0 atom stereocenters. The van der Waals surface area contributed by atoms with Gasteiger partial charge < -0.3 is 15.8 Å². The summed E-state index contributed by atoms with van der Waals surface area (Å²) < 4.78 is 6.02. The number of nitrogens with zero attached hydrogens (tertiary/aromatic N) is 1. The Morgan fingerprint density at radius 1 is 0.964 bits per heavy atom. The minimum Gasteiger partial charge on any atom is -0.438 e. The Balaban J connectivity index is 1.43. The van der Waals surface area contributed by atoms with Crippen molar-refractivity contribution in [1.82, 2.24) is 10.3 Å². The molecular weight excluding hydrogens is 346 g/mol. The van der Waals surface area contributed by atoms with Crippen molar-refractivity contribution in [2.75, 3.05) is 12.3 Å². The Bertz CT molecular complexity index is 901. The van der Waals surface area contributed by atoms with Crippen LogP contribution >= 0.6 is 0 Å². The number of nitrogen functional groups attached to an aromatic ring is 1. The molecule has 1 heterocycles. The molecule has 1 saturated carbocycles. The van der Waals surface area contributed by atoms with Crippen molar-refractivity contribution in [3.8, 4) is 11.6 Å². The first-order valence-corrected chi connectivity index (χ1v) is 10.4. The maximum atomic E-state index is 6.02. The Labute approximate surface area is 167 Å². The molecule has 1 aliphatic carbocycles. The highest BCUT2D eigenvalue weighted by Crippen LogP contribution is 2.31. The fourth-order valence-electron chi connectivity index (χ4n) is 4.16. The van der Waals surface area contributed by atoms with Crippen molar-refractivity contribution in [2.45, 2.75) is 45.1 Å². The number of ether oxygens (including phenoxy) is 1. The number of nitrogens with one attached hydrogen (secondary N) is 1. The summed E-state index contributed by atoms with van der Waals surface area (Å²) in [6.07, 6.45) is 9.99. The highest BCUT2D eigenvalue weighted by atomic mass is 16.5. The lowest BCUT2D eigenvalue weighted by Gasteiger charge is -2.21. The molecule has 0 amide bonds. The van der Waals surface area contributed by atoms with E-state index in [1.54, 1.807) is 18.3 Å². The maximum Gasteiger partial charge on any atom is 0.219 e. The van der Waals surface area contributed by atoms with E-state index >= 15 is 0 Å². The molecule has 1 aliphatic rings. The molecular formula is C24H29N3O.